The van der Waals surface area contributed by atoms with Gasteiger partial charge in [-0.05, 0) is 24.6 Å². The van der Waals surface area contributed by atoms with E-state index in [4.69, 9.17) is 16.3 Å². The fourth-order valence-corrected chi connectivity index (χ4v) is 2.76. The number of hydrogen-bond donors (Lipinski definition) is 1. The van der Waals surface area contributed by atoms with E-state index in [2.05, 4.69) is 36.5 Å². The molecular formula is C18H19ClN2O2. The number of carbonyl (C=O) groups is 1. The zero-order valence-electron chi connectivity index (χ0n) is 13.0. The second-order valence-corrected chi connectivity index (χ2v) is 6.03. The number of halogens is 1. The van der Waals surface area contributed by atoms with Gasteiger partial charge in [-0.3, -0.25) is 0 Å². The van der Waals surface area contributed by atoms with Crippen molar-refractivity contribution in [2.75, 3.05) is 25.0 Å². The molecule has 23 heavy (non-hydrogen) atoms. The predicted molar refractivity (Wildman–Crippen MR) is 91.9 cm³/mol. The van der Waals surface area contributed by atoms with Crippen molar-refractivity contribution in [1.29, 1.82) is 0 Å². The summed E-state index contributed by atoms with van der Waals surface area (Å²) < 4.78 is 5.81. The topological polar surface area (TPSA) is 41.6 Å². The molecule has 2 aromatic rings. The molecule has 1 aliphatic heterocycles. The average Bonchev–Trinajstić information content (AvgIpc) is 2.58. The van der Waals surface area contributed by atoms with Gasteiger partial charge in [0.05, 0.1) is 23.9 Å². The van der Waals surface area contributed by atoms with Gasteiger partial charge in [-0.1, -0.05) is 53.6 Å². The van der Waals surface area contributed by atoms with Crippen molar-refractivity contribution in [3.05, 3.63) is 64.7 Å². The quantitative estimate of drug-likeness (QED) is 0.894. The van der Waals surface area contributed by atoms with Crippen LogP contribution in [0.5, 0.6) is 0 Å². The Hall–Kier alpha value is -2.04. The molecule has 3 rings (SSSR count). The number of nitrogens with zero attached hydrogens (tertiary/aromatic N) is 1. The van der Waals surface area contributed by atoms with E-state index in [1.54, 1.807) is 17.0 Å². The molecular weight excluding hydrogens is 312 g/mol. The minimum Gasteiger partial charge on any atom is -0.370 e. The van der Waals surface area contributed by atoms with Crippen molar-refractivity contribution < 1.29 is 9.53 Å². The third kappa shape index (κ3) is 3.84. The number of urea groups is 1. The first-order valence-electron chi connectivity index (χ1n) is 7.62. The minimum absolute atomic E-state index is 0.0960. The Morgan fingerprint density at radius 2 is 1.96 bits per heavy atom. The van der Waals surface area contributed by atoms with Crippen LogP contribution in [0, 0.1) is 6.92 Å². The summed E-state index contributed by atoms with van der Waals surface area (Å²) >= 11 is 6.09. The fourth-order valence-electron chi connectivity index (χ4n) is 2.57. The summed E-state index contributed by atoms with van der Waals surface area (Å²) in [4.78, 5) is 14.2. The zero-order valence-corrected chi connectivity index (χ0v) is 13.7. The van der Waals surface area contributed by atoms with Crippen LogP contribution in [-0.2, 0) is 4.74 Å². The molecule has 0 spiro atoms. The molecule has 1 N–H and O–H groups in total. The standard InChI is InChI=1S/C18H19ClN2O2/c1-13-6-8-14(9-7-13)17-12-21(10-11-23-17)18(22)20-16-5-3-2-4-15(16)19/h2-9,17H,10-12H2,1H3,(H,20,22). The Balaban J connectivity index is 1.67. The molecule has 0 aliphatic carbocycles. The molecule has 4 nitrogen and oxygen atoms in total. The molecule has 2 amide bonds. The molecule has 1 fully saturated rings. The predicted octanol–water partition coefficient (Wildman–Crippen LogP) is 4.25. The summed E-state index contributed by atoms with van der Waals surface area (Å²) in [5.74, 6) is 0. The van der Waals surface area contributed by atoms with Crippen LogP contribution in [0.2, 0.25) is 5.02 Å². The number of benzene rings is 2. The first-order valence-corrected chi connectivity index (χ1v) is 8.00. The number of ether oxygens (including phenoxy) is 1. The lowest BCUT2D eigenvalue weighted by molar-refractivity contribution is -0.0135. The number of hydrogen-bond acceptors (Lipinski definition) is 2. The Morgan fingerprint density at radius 3 is 2.70 bits per heavy atom. The molecule has 5 heteroatoms. The number of amides is 2. The smallest absolute Gasteiger partial charge is 0.322 e. The van der Waals surface area contributed by atoms with Crippen LogP contribution in [0.1, 0.15) is 17.2 Å². The van der Waals surface area contributed by atoms with Gasteiger partial charge in [0.25, 0.3) is 0 Å². The number of anilines is 1. The van der Waals surface area contributed by atoms with Gasteiger partial charge in [0, 0.05) is 6.54 Å². The molecule has 0 bridgehead atoms. The van der Waals surface area contributed by atoms with Gasteiger partial charge in [-0.2, -0.15) is 0 Å². The summed E-state index contributed by atoms with van der Waals surface area (Å²) in [6, 6.07) is 15.3. The third-order valence-corrected chi connectivity index (χ3v) is 4.25. The van der Waals surface area contributed by atoms with Gasteiger partial charge in [0.2, 0.25) is 0 Å². The van der Waals surface area contributed by atoms with E-state index in [0.29, 0.717) is 30.4 Å². The molecule has 1 unspecified atom stereocenters. The van der Waals surface area contributed by atoms with Crippen LogP contribution >= 0.6 is 11.6 Å². The van der Waals surface area contributed by atoms with E-state index in [9.17, 15) is 4.79 Å². The lowest BCUT2D eigenvalue weighted by atomic mass is 10.1. The highest BCUT2D eigenvalue weighted by atomic mass is 35.5. The van der Waals surface area contributed by atoms with Crippen LogP contribution < -0.4 is 5.32 Å². The van der Waals surface area contributed by atoms with Crippen molar-refractivity contribution in [1.82, 2.24) is 4.90 Å². The van der Waals surface area contributed by atoms with Crippen LogP contribution in [0.4, 0.5) is 10.5 Å². The number of morpholine rings is 1. The lowest BCUT2D eigenvalue weighted by Gasteiger charge is -2.33. The summed E-state index contributed by atoms with van der Waals surface area (Å²) in [6.45, 7) is 3.67. The van der Waals surface area contributed by atoms with E-state index in [0.717, 1.165) is 5.56 Å². The van der Waals surface area contributed by atoms with E-state index < -0.39 is 0 Å². The number of nitrogens with one attached hydrogen (secondary N) is 1. The zero-order chi connectivity index (χ0) is 16.2. The van der Waals surface area contributed by atoms with Crippen LogP contribution in [-0.4, -0.2) is 30.6 Å². The van der Waals surface area contributed by atoms with Crippen LogP contribution in [0.15, 0.2) is 48.5 Å². The largest absolute Gasteiger partial charge is 0.370 e. The van der Waals surface area contributed by atoms with Crippen molar-refractivity contribution in [3.8, 4) is 0 Å². The molecule has 1 atom stereocenters. The van der Waals surface area contributed by atoms with E-state index in [1.165, 1.54) is 5.56 Å². The monoisotopic (exact) mass is 330 g/mol. The maximum atomic E-state index is 12.5. The highest BCUT2D eigenvalue weighted by Gasteiger charge is 2.25. The SMILES string of the molecule is Cc1ccc(C2CN(C(=O)Nc3ccccc3Cl)CCO2)cc1. The minimum atomic E-state index is -0.154. The number of para-hydroxylation sites is 1. The van der Waals surface area contributed by atoms with Crippen LogP contribution in [0.25, 0.3) is 0 Å². The Morgan fingerprint density at radius 1 is 1.22 bits per heavy atom. The first kappa shape index (κ1) is 15.8. The Bertz CT molecular complexity index is 688. The molecule has 0 aromatic heterocycles. The second kappa shape index (κ2) is 7.02. The fraction of sp³-hybridized carbons (Fsp3) is 0.278. The summed E-state index contributed by atoms with van der Waals surface area (Å²) in [5, 5.41) is 3.39. The Labute approximate surface area is 141 Å². The molecule has 1 aliphatic rings. The summed E-state index contributed by atoms with van der Waals surface area (Å²) in [6.07, 6.45) is -0.0960. The van der Waals surface area contributed by atoms with Crippen molar-refractivity contribution in [2.24, 2.45) is 0 Å². The number of aryl methyl sites for hydroxylation is 1. The molecule has 0 radical (unpaired) electrons. The maximum Gasteiger partial charge on any atom is 0.322 e. The molecule has 2 aromatic carbocycles. The Kier molecular flexibility index (Phi) is 4.84. The van der Waals surface area contributed by atoms with Crippen molar-refractivity contribution in [3.63, 3.8) is 0 Å². The van der Waals surface area contributed by atoms with Crippen molar-refractivity contribution >= 4 is 23.3 Å². The summed E-state index contributed by atoms with van der Waals surface area (Å²) in [5.41, 5.74) is 2.92. The van der Waals surface area contributed by atoms with Gasteiger partial charge in [-0.15, -0.1) is 0 Å². The maximum absolute atomic E-state index is 12.5. The van der Waals surface area contributed by atoms with Gasteiger partial charge in [0.15, 0.2) is 0 Å². The highest BCUT2D eigenvalue weighted by molar-refractivity contribution is 6.33. The molecule has 0 saturated carbocycles. The average molecular weight is 331 g/mol. The van der Waals surface area contributed by atoms with E-state index >= 15 is 0 Å². The van der Waals surface area contributed by atoms with Crippen molar-refractivity contribution in [2.45, 2.75) is 13.0 Å². The normalized spacial score (nSPS) is 17.8. The van der Waals surface area contributed by atoms with Gasteiger partial charge < -0.3 is 15.0 Å². The number of rotatable bonds is 2. The summed E-state index contributed by atoms with van der Waals surface area (Å²) in [7, 11) is 0. The first-order chi connectivity index (χ1) is 11.1. The highest BCUT2D eigenvalue weighted by Crippen LogP contribution is 2.24. The molecule has 1 saturated heterocycles. The van der Waals surface area contributed by atoms with E-state index in [1.807, 2.05) is 12.1 Å². The second-order valence-electron chi connectivity index (χ2n) is 5.63. The molecule has 1 heterocycles. The molecule has 120 valence electrons. The van der Waals surface area contributed by atoms with Crippen LogP contribution in [0.3, 0.4) is 0 Å². The van der Waals surface area contributed by atoms with Gasteiger partial charge in [0.1, 0.15) is 6.10 Å². The number of carbonyl (C=O) groups excluding carboxylic acids is 1. The van der Waals surface area contributed by atoms with Gasteiger partial charge in [-0.25, -0.2) is 4.79 Å². The third-order valence-electron chi connectivity index (χ3n) is 3.92. The van der Waals surface area contributed by atoms with Gasteiger partial charge >= 0.3 is 6.03 Å². The lowest BCUT2D eigenvalue weighted by Crippen LogP contribution is -2.44. The van der Waals surface area contributed by atoms with E-state index in [-0.39, 0.29) is 12.1 Å².